The SMILES string of the molecule is Cc1occc1C(=O)NNC(=S)NC(=O)COc1ccccc1Cl. The Bertz CT molecular complexity index is 763. The summed E-state index contributed by atoms with van der Waals surface area (Å²) in [6, 6.07) is 8.29. The highest BCUT2D eigenvalue weighted by molar-refractivity contribution is 7.80. The number of para-hydroxylation sites is 1. The van der Waals surface area contributed by atoms with Crippen LogP contribution < -0.4 is 20.9 Å². The summed E-state index contributed by atoms with van der Waals surface area (Å²) in [5.74, 6) is -0.0827. The van der Waals surface area contributed by atoms with Crippen LogP contribution in [0.4, 0.5) is 0 Å². The highest BCUT2D eigenvalue weighted by Gasteiger charge is 2.12. The van der Waals surface area contributed by atoms with Gasteiger partial charge in [0.1, 0.15) is 11.5 Å². The smallest absolute Gasteiger partial charge is 0.273 e. The Kier molecular flexibility index (Phi) is 6.16. The van der Waals surface area contributed by atoms with E-state index < -0.39 is 11.8 Å². The largest absolute Gasteiger partial charge is 0.482 e. The van der Waals surface area contributed by atoms with E-state index in [-0.39, 0.29) is 11.7 Å². The molecule has 24 heavy (non-hydrogen) atoms. The molecule has 9 heteroatoms. The molecule has 1 aromatic carbocycles. The topological polar surface area (TPSA) is 92.6 Å². The van der Waals surface area contributed by atoms with Crippen LogP contribution in [-0.4, -0.2) is 23.5 Å². The Labute approximate surface area is 148 Å². The number of thiocarbonyl (C=S) groups is 1. The van der Waals surface area contributed by atoms with E-state index in [0.29, 0.717) is 22.1 Å². The van der Waals surface area contributed by atoms with E-state index in [1.165, 1.54) is 12.3 Å². The molecule has 0 saturated carbocycles. The molecule has 3 N–H and O–H groups in total. The van der Waals surface area contributed by atoms with Crippen LogP contribution in [0.2, 0.25) is 5.02 Å². The number of amides is 2. The van der Waals surface area contributed by atoms with Crippen molar-refractivity contribution in [3.8, 4) is 5.75 Å². The first-order valence-corrected chi connectivity index (χ1v) is 7.57. The summed E-state index contributed by atoms with van der Waals surface area (Å²) < 4.78 is 10.3. The summed E-state index contributed by atoms with van der Waals surface area (Å²) in [5, 5.41) is 2.69. The minimum absolute atomic E-state index is 0.0720. The van der Waals surface area contributed by atoms with Gasteiger partial charge in [0.15, 0.2) is 11.7 Å². The number of nitrogens with one attached hydrogen (secondary N) is 3. The van der Waals surface area contributed by atoms with Crippen LogP contribution >= 0.6 is 23.8 Å². The Morgan fingerprint density at radius 1 is 1.25 bits per heavy atom. The van der Waals surface area contributed by atoms with Crippen molar-refractivity contribution in [2.24, 2.45) is 0 Å². The first-order valence-electron chi connectivity index (χ1n) is 6.79. The Balaban J connectivity index is 1.74. The molecule has 7 nitrogen and oxygen atoms in total. The normalized spacial score (nSPS) is 9.92. The quantitative estimate of drug-likeness (QED) is 0.565. The molecule has 0 atom stereocenters. The highest BCUT2D eigenvalue weighted by atomic mass is 35.5. The van der Waals surface area contributed by atoms with Gasteiger partial charge in [0.05, 0.1) is 16.8 Å². The number of hydrazine groups is 1. The first-order chi connectivity index (χ1) is 11.5. The molecule has 2 aromatic rings. The van der Waals surface area contributed by atoms with Crippen molar-refractivity contribution >= 4 is 40.7 Å². The standard InChI is InChI=1S/C15H14ClN3O4S/c1-9-10(6-7-22-9)14(21)18-19-15(24)17-13(20)8-23-12-5-3-2-4-11(12)16/h2-7H,8H2,1H3,(H,18,21)(H2,17,19,20,24). The van der Waals surface area contributed by atoms with Crippen molar-refractivity contribution in [1.29, 1.82) is 0 Å². The predicted octanol–water partition coefficient (Wildman–Crippen LogP) is 1.96. The second-order valence-electron chi connectivity index (χ2n) is 4.57. The fraction of sp³-hybridized carbons (Fsp3) is 0.133. The van der Waals surface area contributed by atoms with E-state index in [0.717, 1.165) is 0 Å². The molecule has 0 saturated heterocycles. The number of hydrogen-bond acceptors (Lipinski definition) is 5. The molecule has 0 bridgehead atoms. The van der Waals surface area contributed by atoms with E-state index in [1.807, 2.05) is 0 Å². The lowest BCUT2D eigenvalue weighted by Crippen LogP contribution is -2.49. The van der Waals surface area contributed by atoms with E-state index >= 15 is 0 Å². The van der Waals surface area contributed by atoms with Crippen LogP contribution in [0, 0.1) is 6.92 Å². The van der Waals surface area contributed by atoms with Crippen LogP contribution in [0.25, 0.3) is 0 Å². The van der Waals surface area contributed by atoms with Crippen molar-refractivity contribution < 1.29 is 18.7 Å². The summed E-state index contributed by atoms with van der Waals surface area (Å²) in [4.78, 5) is 23.6. The van der Waals surface area contributed by atoms with Crippen LogP contribution in [0.1, 0.15) is 16.1 Å². The molecule has 0 aliphatic carbocycles. The van der Waals surface area contributed by atoms with Crippen LogP contribution in [0.3, 0.4) is 0 Å². The summed E-state index contributed by atoms with van der Waals surface area (Å²) >= 11 is 10.8. The van der Waals surface area contributed by atoms with Crippen molar-refractivity contribution in [1.82, 2.24) is 16.2 Å². The van der Waals surface area contributed by atoms with Gasteiger partial charge in [0.2, 0.25) is 0 Å². The minimum Gasteiger partial charge on any atom is -0.482 e. The van der Waals surface area contributed by atoms with Gasteiger partial charge < -0.3 is 9.15 Å². The van der Waals surface area contributed by atoms with Crippen molar-refractivity contribution in [2.45, 2.75) is 6.92 Å². The number of carbonyl (C=O) groups is 2. The molecule has 0 radical (unpaired) electrons. The van der Waals surface area contributed by atoms with Gasteiger partial charge in [-0.15, -0.1) is 0 Å². The lowest BCUT2D eigenvalue weighted by atomic mass is 10.2. The first kappa shape index (κ1) is 17.8. The summed E-state index contributed by atoms with van der Waals surface area (Å²) in [6.45, 7) is 1.38. The average molecular weight is 368 g/mol. The number of aryl methyl sites for hydroxylation is 1. The third-order valence-corrected chi connectivity index (χ3v) is 3.36. The van der Waals surface area contributed by atoms with E-state index in [1.54, 1.807) is 31.2 Å². The molecule has 2 rings (SSSR count). The number of furan rings is 1. The fourth-order valence-corrected chi connectivity index (χ4v) is 2.06. The molecule has 2 amide bonds. The maximum atomic E-state index is 11.8. The maximum absolute atomic E-state index is 11.8. The predicted molar refractivity (Wildman–Crippen MR) is 91.7 cm³/mol. The third-order valence-electron chi connectivity index (χ3n) is 2.84. The van der Waals surface area contributed by atoms with Gasteiger partial charge in [-0.2, -0.15) is 0 Å². The zero-order valence-corrected chi connectivity index (χ0v) is 14.2. The number of carbonyl (C=O) groups excluding carboxylic acids is 2. The number of ether oxygens (including phenoxy) is 1. The van der Waals surface area contributed by atoms with Gasteiger partial charge in [-0.25, -0.2) is 0 Å². The number of benzene rings is 1. The average Bonchev–Trinajstić information content (AvgIpc) is 2.98. The number of halogens is 1. The zero-order chi connectivity index (χ0) is 17.5. The summed E-state index contributed by atoms with van der Waals surface area (Å²) in [7, 11) is 0. The van der Waals surface area contributed by atoms with Crippen molar-refractivity contribution in [3.05, 3.63) is 52.9 Å². The number of hydrogen-bond donors (Lipinski definition) is 3. The molecule has 126 valence electrons. The molecule has 0 aliphatic rings. The molecule has 0 fully saturated rings. The van der Waals surface area contributed by atoms with E-state index in [2.05, 4.69) is 16.2 Å². The summed E-state index contributed by atoms with van der Waals surface area (Å²) in [5.41, 5.74) is 5.12. The van der Waals surface area contributed by atoms with Crippen LogP contribution in [0.5, 0.6) is 5.75 Å². The van der Waals surface area contributed by atoms with E-state index in [9.17, 15) is 9.59 Å². The summed E-state index contributed by atoms with van der Waals surface area (Å²) in [6.07, 6.45) is 1.40. The molecular weight excluding hydrogens is 354 g/mol. The third kappa shape index (κ3) is 4.97. The molecule has 0 spiro atoms. The molecule has 0 unspecified atom stereocenters. The maximum Gasteiger partial charge on any atom is 0.273 e. The Morgan fingerprint density at radius 3 is 2.67 bits per heavy atom. The molecule has 1 heterocycles. The Hall–Kier alpha value is -2.58. The van der Waals surface area contributed by atoms with Gasteiger partial charge in [0.25, 0.3) is 11.8 Å². The molecule has 0 aliphatic heterocycles. The fourth-order valence-electron chi connectivity index (χ4n) is 1.70. The van der Waals surface area contributed by atoms with Gasteiger partial charge in [-0.3, -0.25) is 25.8 Å². The lowest BCUT2D eigenvalue weighted by Gasteiger charge is -2.11. The zero-order valence-electron chi connectivity index (χ0n) is 12.6. The van der Waals surface area contributed by atoms with Gasteiger partial charge in [-0.05, 0) is 37.3 Å². The van der Waals surface area contributed by atoms with Gasteiger partial charge in [-0.1, -0.05) is 23.7 Å². The van der Waals surface area contributed by atoms with Crippen molar-refractivity contribution in [2.75, 3.05) is 6.61 Å². The lowest BCUT2D eigenvalue weighted by molar-refractivity contribution is -0.121. The second-order valence-corrected chi connectivity index (χ2v) is 5.38. The van der Waals surface area contributed by atoms with Crippen LogP contribution in [-0.2, 0) is 4.79 Å². The Morgan fingerprint density at radius 2 is 2.00 bits per heavy atom. The van der Waals surface area contributed by atoms with E-state index in [4.69, 9.17) is 33.0 Å². The minimum atomic E-state index is -0.499. The molecule has 1 aromatic heterocycles. The monoisotopic (exact) mass is 367 g/mol. The molecular formula is C15H14ClN3O4S. The van der Waals surface area contributed by atoms with Crippen LogP contribution in [0.15, 0.2) is 41.0 Å². The number of rotatable bonds is 4. The van der Waals surface area contributed by atoms with Gasteiger partial charge >= 0.3 is 0 Å². The highest BCUT2D eigenvalue weighted by Crippen LogP contribution is 2.22. The second kappa shape index (κ2) is 8.32. The van der Waals surface area contributed by atoms with Crippen molar-refractivity contribution in [3.63, 3.8) is 0 Å². The van der Waals surface area contributed by atoms with Gasteiger partial charge in [0, 0.05) is 0 Å².